The van der Waals surface area contributed by atoms with Crippen LogP contribution in [0.25, 0.3) is 0 Å². The van der Waals surface area contributed by atoms with Crippen LogP contribution in [0.2, 0.25) is 0 Å². The summed E-state index contributed by atoms with van der Waals surface area (Å²) >= 11 is 0. The van der Waals surface area contributed by atoms with E-state index in [1.165, 1.54) is 12.8 Å². The molecule has 1 aliphatic carbocycles. The summed E-state index contributed by atoms with van der Waals surface area (Å²) in [6.07, 6.45) is 5.10. The zero-order valence-electron chi connectivity index (χ0n) is 9.41. The van der Waals surface area contributed by atoms with Gasteiger partial charge in [-0.05, 0) is 31.6 Å². The molecular weight excluding hydrogens is 190 g/mol. The Balaban J connectivity index is 1.69. The topological polar surface area (TPSA) is 59.6 Å². The first-order valence-electron chi connectivity index (χ1n) is 5.94. The van der Waals surface area contributed by atoms with Crippen molar-refractivity contribution in [3.63, 3.8) is 0 Å². The van der Waals surface area contributed by atoms with Gasteiger partial charge < -0.3 is 15.8 Å². The zero-order valence-corrected chi connectivity index (χ0v) is 9.41. The highest BCUT2D eigenvalue weighted by atomic mass is 16.5. The molecule has 2 rings (SSSR count). The van der Waals surface area contributed by atoms with Gasteiger partial charge in [0.1, 0.15) is 0 Å². The van der Waals surface area contributed by atoms with Crippen LogP contribution in [0, 0.1) is 5.92 Å². The predicted octanol–water partition coefficient (Wildman–Crippen LogP) is 0.868. The molecule has 1 aliphatic heterocycles. The van der Waals surface area contributed by atoms with Gasteiger partial charge in [0.05, 0.1) is 12.6 Å². The molecule has 0 amide bonds. The number of guanidine groups is 1. The van der Waals surface area contributed by atoms with Crippen molar-refractivity contribution in [3.05, 3.63) is 0 Å². The van der Waals surface area contributed by atoms with E-state index < -0.39 is 0 Å². The summed E-state index contributed by atoms with van der Waals surface area (Å²) in [7, 11) is 0. The average Bonchev–Trinajstić information content (AvgIpc) is 2.73. The van der Waals surface area contributed by atoms with Crippen molar-refractivity contribution in [2.24, 2.45) is 16.6 Å². The summed E-state index contributed by atoms with van der Waals surface area (Å²) in [5.41, 5.74) is 5.81. The van der Waals surface area contributed by atoms with Crippen LogP contribution in [0.1, 0.15) is 32.6 Å². The molecule has 2 fully saturated rings. The minimum atomic E-state index is 0.296. The quantitative estimate of drug-likeness (QED) is 0.538. The zero-order chi connectivity index (χ0) is 10.7. The smallest absolute Gasteiger partial charge is 0.188 e. The van der Waals surface area contributed by atoms with E-state index in [2.05, 4.69) is 17.2 Å². The minimum Gasteiger partial charge on any atom is -0.376 e. The summed E-state index contributed by atoms with van der Waals surface area (Å²) in [5, 5.41) is 3.26. The first-order chi connectivity index (χ1) is 7.25. The van der Waals surface area contributed by atoms with Gasteiger partial charge in [0.2, 0.25) is 0 Å². The lowest BCUT2D eigenvalue weighted by molar-refractivity contribution is 0.117. The number of rotatable bonds is 3. The number of nitrogens with zero attached hydrogens (tertiary/aromatic N) is 1. The molecule has 1 heterocycles. The highest BCUT2D eigenvalue weighted by Crippen LogP contribution is 2.26. The van der Waals surface area contributed by atoms with Crippen LogP contribution in [0.5, 0.6) is 0 Å². The summed E-state index contributed by atoms with van der Waals surface area (Å²) in [5.74, 6) is 1.32. The molecule has 0 spiro atoms. The third-order valence-electron chi connectivity index (χ3n) is 3.44. The molecule has 0 aromatic rings. The number of hydrogen-bond donors (Lipinski definition) is 2. The summed E-state index contributed by atoms with van der Waals surface area (Å²) in [4.78, 5) is 4.32. The van der Waals surface area contributed by atoms with Crippen LogP contribution in [-0.4, -0.2) is 31.3 Å². The van der Waals surface area contributed by atoms with Crippen LogP contribution < -0.4 is 11.1 Å². The Labute approximate surface area is 91.3 Å². The van der Waals surface area contributed by atoms with Crippen molar-refractivity contribution in [1.29, 1.82) is 0 Å². The molecule has 2 aliphatic rings. The van der Waals surface area contributed by atoms with Crippen molar-refractivity contribution in [2.45, 2.75) is 44.8 Å². The van der Waals surface area contributed by atoms with Gasteiger partial charge in [-0.3, -0.25) is 4.99 Å². The summed E-state index contributed by atoms with van der Waals surface area (Å²) < 4.78 is 5.48. The van der Waals surface area contributed by atoms with Gasteiger partial charge in [0.25, 0.3) is 0 Å². The van der Waals surface area contributed by atoms with E-state index in [0.29, 0.717) is 24.7 Å². The van der Waals surface area contributed by atoms with Gasteiger partial charge in [-0.25, -0.2) is 0 Å². The molecule has 0 bridgehead atoms. The predicted molar refractivity (Wildman–Crippen MR) is 60.8 cm³/mol. The SMILES string of the molecule is CC1CCC1NC(N)=NCC1CCCO1. The lowest BCUT2D eigenvalue weighted by atomic mass is 9.81. The molecule has 4 heteroatoms. The number of nitrogens with two attached hydrogens (primary N) is 1. The lowest BCUT2D eigenvalue weighted by Gasteiger charge is -2.34. The van der Waals surface area contributed by atoms with E-state index in [4.69, 9.17) is 10.5 Å². The maximum Gasteiger partial charge on any atom is 0.188 e. The lowest BCUT2D eigenvalue weighted by Crippen LogP contribution is -2.48. The minimum absolute atomic E-state index is 0.296. The van der Waals surface area contributed by atoms with Crippen molar-refractivity contribution in [3.8, 4) is 0 Å². The summed E-state index contributed by atoms with van der Waals surface area (Å²) in [6.45, 7) is 3.83. The number of aliphatic imine (C=N–C) groups is 1. The molecule has 3 atom stereocenters. The molecule has 0 aromatic carbocycles. The van der Waals surface area contributed by atoms with Gasteiger partial charge in [0.15, 0.2) is 5.96 Å². The van der Waals surface area contributed by atoms with Gasteiger partial charge >= 0.3 is 0 Å². The fraction of sp³-hybridized carbons (Fsp3) is 0.909. The Morgan fingerprint density at radius 2 is 2.33 bits per heavy atom. The van der Waals surface area contributed by atoms with E-state index in [9.17, 15) is 0 Å². The molecule has 0 aromatic heterocycles. The highest BCUT2D eigenvalue weighted by Gasteiger charge is 2.26. The van der Waals surface area contributed by atoms with Gasteiger partial charge in [0, 0.05) is 12.6 Å². The van der Waals surface area contributed by atoms with E-state index in [0.717, 1.165) is 25.4 Å². The molecule has 1 saturated carbocycles. The Morgan fingerprint density at radius 1 is 1.47 bits per heavy atom. The fourth-order valence-corrected chi connectivity index (χ4v) is 2.11. The van der Waals surface area contributed by atoms with Crippen molar-refractivity contribution in [2.75, 3.05) is 13.2 Å². The van der Waals surface area contributed by atoms with Crippen LogP contribution in [0.3, 0.4) is 0 Å². The molecule has 15 heavy (non-hydrogen) atoms. The molecule has 3 unspecified atom stereocenters. The first-order valence-corrected chi connectivity index (χ1v) is 5.94. The van der Waals surface area contributed by atoms with E-state index in [-0.39, 0.29) is 0 Å². The Hall–Kier alpha value is -0.770. The van der Waals surface area contributed by atoms with Crippen LogP contribution >= 0.6 is 0 Å². The van der Waals surface area contributed by atoms with Crippen molar-refractivity contribution in [1.82, 2.24) is 5.32 Å². The molecule has 3 N–H and O–H groups in total. The van der Waals surface area contributed by atoms with Crippen LogP contribution in [0.15, 0.2) is 4.99 Å². The van der Waals surface area contributed by atoms with Crippen LogP contribution in [-0.2, 0) is 4.74 Å². The third kappa shape index (κ3) is 2.84. The fourth-order valence-electron chi connectivity index (χ4n) is 2.11. The monoisotopic (exact) mass is 211 g/mol. The van der Waals surface area contributed by atoms with Gasteiger partial charge in [-0.15, -0.1) is 0 Å². The van der Waals surface area contributed by atoms with Crippen LogP contribution in [0.4, 0.5) is 0 Å². The Bertz CT molecular complexity index is 236. The number of hydrogen-bond acceptors (Lipinski definition) is 2. The molecule has 4 nitrogen and oxygen atoms in total. The van der Waals surface area contributed by atoms with E-state index >= 15 is 0 Å². The number of nitrogens with one attached hydrogen (secondary N) is 1. The standard InChI is InChI=1S/C11H21N3O/c1-8-4-5-10(8)14-11(12)13-7-9-3-2-6-15-9/h8-10H,2-7H2,1H3,(H3,12,13,14). The van der Waals surface area contributed by atoms with Crippen molar-refractivity contribution >= 4 is 5.96 Å². The van der Waals surface area contributed by atoms with E-state index in [1.54, 1.807) is 0 Å². The largest absolute Gasteiger partial charge is 0.376 e. The Kier molecular flexibility index (Phi) is 3.46. The maximum absolute atomic E-state index is 5.81. The van der Waals surface area contributed by atoms with E-state index in [1.807, 2.05) is 0 Å². The van der Waals surface area contributed by atoms with Gasteiger partial charge in [-0.2, -0.15) is 0 Å². The highest BCUT2D eigenvalue weighted by molar-refractivity contribution is 5.78. The second-order valence-electron chi connectivity index (χ2n) is 4.67. The van der Waals surface area contributed by atoms with Gasteiger partial charge in [-0.1, -0.05) is 6.92 Å². The number of ether oxygens (including phenoxy) is 1. The molecular formula is C11H21N3O. The second kappa shape index (κ2) is 4.84. The normalized spacial score (nSPS) is 36.3. The Morgan fingerprint density at radius 3 is 2.87 bits per heavy atom. The first kappa shape index (κ1) is 10.7. The second-order valence-corrected chi connectivity index (χ2v) is 4.67. The average molecular weight is 211 g/mol. The molecule has 86 valence electrons. The molecule has 0 radical (unpaired) electrons. The molecule has 1 saturated heterocycles. The summed E-state index contributed by atoms with van der Waals surface area (Å²) in [6, 6.07) is 0.540. The third-order valence-corrected chi connectivity index (χ3v) is 3.44. The maximum atomic E-state index is 5.81. The van der Waals surface area contributed by atoms with Crippen molar-refractivity contribution < 1.29 is 4.74 Å².